The van der Waals surface area contributed by atoms with Crippen LogP contribution in [0.2, 0.25) is 0 Å². The fourth-order valence-corrected chi connectivity index (χ4v) is 1.53. The minimum Gasteiger partial charge on any atom is -0.305 e. The summed E-state index contributed by atoms with van der Waals surface area (Å²) in [6.45, 7) is 12.7. The number of hydrogen-bond donors (Lipinski definition) is 1. The molecule has 0 aromatic heterocycles. The van der Waals surface area contributed by atoms with Crippen molar-refractivity contribution in [1.29, 1.82) is 0 Å². The summed E-state index contributed by atoms with van der Waals surface area (Å²) >= 11 is 0. The summed E-state index contributed by atoms with van der Waals surface area (Å²) in [6.07, 6.45) is 0. The number of likely N-dealkylation sites (N-methyl/N-ethyl adjacent to an activating group) is 1. The van der Waals surface area contributed by atoms with Gasteiger partial charge in [0.25, 0.3) is 0 Å². The second-order valence-corrected chi connectivity index (χ2v) is 3.31. The molecule has 3 nitrogen and oxygen atoms in total. The van der Waals surface area contributed by atoms with Crippen molar-refractivity contribution in [3.05, 3.63) is 0 Å². The minimum atomic E-state index is 1.06. The lowest BCUT2D eigenvalue weighted by molar-refractivity contribution is 0.130. The highest BCUT2D eigenvalue weighted by atomic mass is 15.3. The second kappa shape index (κ2) is 5.51. The van der Waals surface area contributed by atoms with E-state index in [1.807, 2.05) is 0 Å². The zero-order valence-corrected chi connectivity index (χ0v) is 8.34. The van der Waals surface area contributed by atoms with E-state index in [9.17, 15) is 0 Å². The first kappa shape index (κ1) is 9.96. The van der Waals surface area contributed by atoms with E-state index < -0.39 is 0 Å². The Morgan fingerprint density at radius 3 is 2.08 bits per heavy atom. The van der Waals surface area contributed by atoms with Crippen LogP contribution in [0.4, 0.5) is 0 Å². The van der Waals surface area contributed by atoms with Crippen LogP contribution in [0.3, 0.4) is 0 Å². The van der Waals surface area contributed by atoms with E-state index in [-0.39, 0.29) is 0 Å². The lowest BCUT2D eigenvalue weighted by Gasteiger charge is -2.33. The first-order chi connectivity index (χ1) is 5.86. The van der Waals surface area contributed by atoms with Crippen LogP contribution in [0.15, 0.2) is 0 Å². The molecule has 0 aliphatic carbocycles. The maximum Gasteiger partial charge on any atom is 0.0481 e. The molecule has 0 bridgehead atoms. The molecule has 0 atom stereocenters. The summed E-state index contributed by atoms with van der Waals surface area (Å²) in [4.78, 5) is 4.98. The highest BCUT2D eigenvalue weighted by molar-refractivity contribution is 4.69. The molecule has 1 saturated heterocycles. The summed E-state index contributed by atoms with van der Waals surface area (Å²) in [5.74, 6) is 0. The predicted octanol–water partition coefficient (Wildman–Crippen LogP) is 0.191. The van der Waals surface area contributed by atoms with Crippen molar-refractivity contribution >= 4 is 0 Å². The van der Waals surface area contributed by atoms with Crippen molar-refractivity contribution in [3.63, 3.8) is 0 Å². The molecule has 1 heterocycles. The summed E-state index contributed by atoms with van der Waals surface area (Å²) in [7, 11) is 0. The van der Waals surface area contributed by atoms with Crippen LogP contribution < -0.4 is 5.32 Å². The Morgan fingerprint density at radius 1 is 1.00 bits per heavy atom. The summed E-state index contributed by atoms with van der Waals surface area (Å²) in [6, 6.07) is 0. The molecule has 72 valence electrons. The van der Waals surface area contributed by atoms with Crippen LogP contribution in [0.1, 0.15) is 13.8 Å². The topological polar surface area (TPSA) is 18.5 Å². The first-order valence-corrected chi connectivity index (χ1v) is 5.02. The second-order valence-electron chi connectivity index (χ2n) is 3.31. The highest BCUT2D eigenvalue weighted by Gasteiger charge is 2.13. The fraction of sp³-hybridized carbons (Fsp3) is 1.00. The van der Waals surface area contributed by atoms with E-state index in [0.29, 0.717) is 0 Å². The van der Waals surface area contributed by atoms with Crippen LogP contribution in [-0.2, 0) is 0 Å². The van der Waals surface area contributed by atoms with Crippen molar-refractivity contribution in [2.24, 2.45) is 0 Å². The predicted molar refractivity (Wildman–Crippen MR) is 52.2 cm³/mol. The average Bonchev–Trinajstić information content (AvgIpc) is 2.15. The first-order valence-electron chi connectivity index (χ1n) is 5.02. The van der Waals surface area contributed by atoms with E-state index in [1.54, 1.807) is 0 Å². The SMILES string of the molecule is CCNCN1CCN(CC)CC1. The molecule has 1 N–H and O–H groups in total. The Balaban J connectivity index is 2.09. The van der Waals surface area contributed by atoms with Gasteiger partial charge in [-0.1, -0.05) is 13.8 Å². The molecule has 1 aliphatic rings. The summed E-state index contributed by atoms with van der Waals surface area (Å²) in [5, 5.41) is 3.36. The molecular formula is C9H21N3. The third-order valence-electron chi connectivity index (χ3n) is 2.50. The Morgan fingerprint density at radius 2 is 1.58 bits per heavy atom. The Bertz CT molecular complexity index is 108. The third-order valence-corrected chi connectivity index (χ3v) is 2.50. The number of nitrogens with zero attached hydrogens (tertiary/aromatic N) is 2. The minimum absolute atomic E-state index is 1.06. The standard InChI is InChI=1S/C9H21N3/c1-3-10-9-12-7-5-11(4-2)6-8-12/h10H,3-9H2,1-2H3. The molecule has 0 aromatic rings. The maximum absolute atomic E-state index is 3.36. The highest BCUT2D eigenvalue weighted by Crippen LogP contribution is 1.98. The van der Waals surface area contributed by atoms with Crippen LogP contribution in [0, 0.1) is 0 Å². The molecule has 3 heteroatoms. The van der Waals surface area contributed by atoms with Crippen LogP contribution in [-0.4, -0.2) is 55.7 Å². The lowest BCUT2D eigenvalue weighted by Crippen LogP contribution is -2.48. The van der Waals surface area contributed by atoms with E-state index in [1.165, 1.54) is 32.7 Å². The Labute approximate surface area is 75.7 Å². The summed E-state index contributed by atoms with van der Waals surface area (Å²) < 4.78 is 0. The normalized spacial score (nSPS) is 21.5. The largest absolute Gasteiger partial charge is 0.305 e. The maximum atomic E-state index is 3.36. The summed E-state index contributed by atoms with van der Waals surface area (Å²) in [5.41, 5.74) is 0. The van der Waals surface area contributed by atoms with Crippen molar-refractivity contribution in [2.45, 2.75) is 13.8 Å². The van der Waals surface area contributed by atoms with Crippen LogP contribution >= 0.6 is 0 Å². The number of hydrogen-bond acceptors (Lipinski definition) is 3. The smallest absolute Gasteiger partial charge is 0.0481 e. The van der Waals surface area contributed by atoms with Gasteiger partial charge in [-0.2, -0.15) is 0 Å². The van der Waals surface area contributed by atoms with Gasteiger partial charge in [0.15, 0.2) is 0 Å². The van der Waals surface area contributed by atoms with Gasteiger partial charge in [-0.15, -0.1) is 0 Å². The zero-order chi connectivity index (χ0) is 8.81. The Kier molecular flexibility index (Phi) is 4.58. The molecule has 1 aliphatic heterocycles. The third kappa shape index (κ3) is 3.09. The van der Waals surface area contributed by atoms with Crippen LogP contribution in [0.25, 0.3) is 0 Å². The van der Waals surface area contributed by atoms with Gasteiger partial charge in [-0.3, -0.25) is 4.90 Å². The molecule has 0 amide bonds. The van der Waals surface area contributed by atoms with E-state index >= 15 is 0 Å². The lowest BCUT2D eigenvalue weighted by atomic mass is 10.3. The number of rotatable bonds is 4. The molecule has 0 radical (unpaired) electrons. The number of piperazine rings is 1. The van der Waals surface area contributed by atoms with Crippen molar-refractivity contribution in [3.8, 4) is 0 Å². The zero-order valence-electron chi connectivity index (χ0n) is 8.34. The fourth-order valence-electron chi connectivity index (χ4n) is 1.53. The average molecular weight is 171 g/mol. The monoisotopic (exact) mass is 171 g/mol. The van der Waals surface area contributed by atoms with Gasteiger partial charge < -0.3 is 10.2 Å². The van der Waals surface area contributed by atoms with Gasteiger partial charge in [-0.05, 0) is 13.1 Å². The molecule has 12 heavy (non-hydrogen) atoms. The molecular weight excluding hydrogens is 150 g/mol. The quantitative estimate of drug-likeness (QED) is 0.651. The van der Waals surface area contributed by atoms with Gasteiger partial charge in [0.05, 0.1) is 0 Å². The van der Waals surface area contributed by atoms with Gasteiger partial charge in [-0.25, -0.2) is 0 Å². The van der Waals surface area contributed by atoms with Gasteiger partial charge in [0.1, 0.15) is 0 Å². The van der Waals surface area contributed by atoms with E-state index in [0.717, 1.165) is 13.2 Å². The van der Waals surface area contributed by atoms with E-state index in [4.69, 9.17) is 0 Å². The van der Waals surface area contributed by atoms with Gasteiger partial charge in [0.2, 0.25) is 0 Å². The molecule has 1 rings (SSSR count). The molecule has 0 spiro atoms. The molecule has 0 aromatic carbocycles. The molecule has 0 saturated carbocycles. The number of nitrogens with one attached hydrogen (secondary N) is 1. The van der Waals surface area contributed by atoms with Crippen LogP contribution in [0.5, 0.6) is 0 Å². The molecule has 0 unspecified atom stereocenters. The molecule has 1 fully saturated rings. The van der Waals surface area contributed by atoms with Crippen molar-refractivity contribution in [1.82, 2.24) is 15.1 Å². The Hall–Kier alpha value is -0.120. The van der Waals surface area contributed by atoms with Gasteiger partial charge >= 0.3 is 0 Å². The van der Waals surface area contributed by atoms with Crippen molar-refractivity contribution < 1.29 is 0 Å². The van der Waals surface area contributed by atoms with Crippen molar-refractivity contribution in [2.75, 3.05) is 45.9 Å². The van der Waals surface area contributed by atoms with Gasteiger partial charge in [0, 0.05) is 32.8 Å². The van der Waals surface area contributed by atoms with E-state index in [2.05, 4.69) is 29.0 Å².